The van der Waals surface area contributed by atoms with Crippen molar-refractivity contribution in [2.75, 3.05) is 38.4 Å². The van der Waals surface area contributed by atoms with Crippen LogP contribution >= 0.6 is 11.8 Å². The molecule has 0 heterocycles. The number of thioether (sulfide) groups is 1. The van der Waals surface area contributed by atoms with Crippen molar-refractivity contribution in [3.05, 3.63) is 77.9 Å². The lowest BCUT2D eigenvalue weighted by Gasteiger charge is -2.20. The lowest BCUT2D eigenvalue weighted by molar-refractivity contribution is 0.0954. The quantitative estimate of drug-likeness (QED) is 0.420. The van der Waals surface area contributed by atoms with Crippen molar-refractivity contribution in [1.29, 1.82) is 0 Å². The van der Waals surface area contributed by atoms with Crippen molar-refractivity contribution in [2.24, 2.45) is 0 Å². The van der Waals surface area contributed by atoms with E-state index in [0.717, 1.165) is 10.5 Å². The highest BCUT2D eigenvalue weighted by molar-refractivity contribution is 7.98. The van der Waals surface area contributed by atoms with E-state index in [4.69, 9.17) is 9.47 Å². The van der Waals surface area contributed by atoms with E-state index >= 15 is 0 Å². The van der Waals surface area contributed by atoms with Crippen LogP contribution in [0.15, 0.2) is 76.5 Å². The molecule has 3 rings (SSSR count). The smallest absolute Gasteiger partial charge is 0.264 e. The molecule has 0 radical (unpaired) electrons. The summed E-state index contributed by atoms with van der Waals surface area (Å²) in [5.41, 5.74) is 1.92. The Hall–Kier alpha value is -3.17. The summed E-state index contributed by atoms with van der Waals surface area (Å²) in [5, 5.41) is 2.88. The second-order valence-corrected chi connectivity index (χ2v) is 10.2. The molecule has 0 unspecified atom stereocenters. The van der Waals surface area contributed by atoms with Gasteiger partial charge in [-0.3, -0.25) is 9.10 Å². The highest BCUT2D eigenvalue weighted by Crippen LogP contribution is 2.28. The van der Waals surface area contributed by atoms with E-state index in [1.54, 1.807) is 74.5 Å². The van der Waals surface area contributed by atoms with Crippen LogP contribution < -0.4 is 19.1 Å². The maximum atomic E-state index is 12.9. The Morgan fingerprint density at radius 2 is 1.59 bits per heavy atom. The zero-order chi connectivity index (χ0) is 24.7. The first-order chi connectivity index (χ1) is 16.3. The largest absolute Gasteiger partial charge is 0.493 e. The van der Waals surface area contributed by atoms with Gasteiger partial charge >= 0.3 is 0 Å². The molecule has 34 heavy (non-hydrogen) atoms. The van der Waals surface area contributed by atoms with Gasteiger partial charge in [0.15, 0.2) is 11.5 Å². The number of sulfonamides is 1. The Kier molecular flexibility index (Phi) is 8.46. The fourth-order valence-corrected chi connectivity index (χ4v) is 4.93. The van der Waals surface area contributed by atoms with E-state index in [9.17, 15) is 13.2 Å². The van der Waals surface area contributed by atoms with Gasteiger partial charge in [0.25, 0.3) is 15.9 Å². The third-order valence-electron chi connectivity index (χ3n) is 5.36. The molecule has 0 fully saturated rings. The first-order valence-electron chi connectivity index (χ1n) is 10.5. The number of nitrogens with zero attached hydrogens (tertiary/aromatic N) is 1. The van der Waals surface area contributed by atoms with E-state index in [0.29, 0.717) is 35.7 Å². The van der Waals surface area contributed by atoms with Gasteiger partial charge in [0.2, 0.25) is 0 Å². The molecule has 0 aliphatic rings. The van der Waals surface area contributed by atoms with Crippen molar-refractivity contribution in [1.82, 2.24) is 5.32 Å². The van der Waals surface area contributed by atoms with E-state index in [1.807, 2.05) is 24.5 Å². The summed E-state index contributed by atoms with van der Waals surface area (Å²) < 4.78 is 37.6. The minimum absolute atomic E-state index is 0.213. The van der Waals surface area contributed by atoms with Crippen molar-refractivity contribution >= 4 is 33.4 Å². The van der Waals surface area contributed by atoms with Crippen LogP contribution in [0.4, 0.5) is 5.69 Å². The Morgan fingerprint density at radius 1 is 0.941 bits per heavy atom. The molecule has 3 aromatic rings. The third-order valence-corrected chi connectivity index (χ3v) is 7.90. The molecule has 1 amide bonds. The van der Waals surface area contributed by atoms with Gasteiger partial charge in [-0.1, -0.05) is 6.07 Å². The van der Waals surface area contributed by atoms with E-state index in [2.05, 4.69) is 5.32 Å². The molecule has 7 nitrogen and oxygen atoms in total. The number of amides is 1. The number of hydrogen-bond acceptors (Lipinski definition) is 6. The molecule has 0 saturated carbocycles. The number of methoxy groups -OCH3 is 2. The number of carbonyl (C=O) groups excluding carboxylic acids is 1. The highest BCUT2D eigenvalue weighted by atomic mass is 32.2. The van der Waals surface area contributed by atoms with E-state index < -0.39 is 10.0 Å². The molecule has 180 valence electrons. The minimum Gasteiger partial charge on any atom is -0.493 e. The zero-order valence-electron chi connectivity index (χ0n) is 19.6. The van der Waals surface area contributed by atoms with Gasteiger partial charge in [0, 0.05) is 24.1 Å². The summed E-state index contributed by atoms with van der Waals surface area (Å²) in [4.78, 5) is 13.7. The van der Waals surface area contributed by atoms with Gasteiger partial charge in [0.05, 0.1) is 24.8 Å². The molecule has 1 N–H and O–H groups in total. The molecule has 0 aliphatic heterocycles. The Balaban J connectivity index is 1.61. The summed E-state index contributed by atoms with van der Waals surface area (Å²) in [5.74, 6) is 1.06. The van der Waals surface area contributed by atoms with Gasteiger partial charge in [-0.15, -0.1) is 11.8 Å². The molecule has 0 aliphatic carbocycles. The maximum absolute atomic E-state index is 12.9. The topological polar surface area (TPSA) is 84.9 Å². The Morgan fingerprint density at radius 3 is 2.18 bits per heavy atom. The predicted octanol–water partition coefficient (Wildman–Crippen LogP) is 4.22. The van der Waals surface area contributed by atoms with Gasteiger partial charge in [-0.05, 0) is 78.9 Å². The van der Waals surface area contributed by atoms with Crippen molar-refractivity contribution in [3.63, 3.8) is 0 Å². The fourth-order valence-electron chi connectivity index (χ4n) is 3.33. The lowest BCUT2D eigenvalue weighted by Crippen LogP contribution is -2.27. The Labute approximate surface area is 205 Å². The second kappa shape index (κ2) is 11.3. The number of hydrogen-bond donors (Lipinski definition) is 1. The molecule has 0 bridgehead atoms. The van der Waals surface area contributed by atoms with Crippen molar-refractivity contribution < 1.29 is 22.7 Å². The SMILES string of the molecule is COc1ccc(CCNC(=O)c2ccc(N(C)S(=O)(=O)c3ccc(SC)cc3)cc2)cc1OC. The molecule has 0 aromatic heterocycles. The highest BCUT2D eigenvalue weighted by Gasteiger charge is 2.21. The summed E-state index contributed by atoms with van der Waals surface area (Å²) >= 11 is 1.55. The van der Waals surface area contributed by atoms with Gasteiger partial charge in [-0.2, -0.15) is 0 Å². The molecule has 0 spiro atoms. The average molecular weight is 501 g/mol. The van der Waals surface area contributed by atoms with Crippen LogP contribution in [0.2, 0.25) is 0 Å². The normalized spacial score (nSPS) is 11.1. The molecular formula is C25H28N2O5S2. The first-order valence-corrected chi connectivity index (χ1v) is 13.2. The maximum Gasteiger partial charge on any atom is 0.264 e. The zero-order valence-corrected chi connectivity index (χ0v) is 21.2. The number of benzene rings is 3. The Bertz CT molecular complexity index is 1230. The van der Waals surface area contributed by atoms with Crippen LogP contribution in [-0.2, 0) is 16.4 Å². The van der Waals surface area contributed by atoms with E-state index in [1.165, 1.54) is 11.4 Å². The lowest BCUT2D eigenvalue weighted by atomic mass is 10.1. The molecule has 0 atom stereocenters. The van der Waals surface area contributed by atoms with Gasteiger partial charge < -0.3 is 14.8 Å². The summed E-state index contributed by atoms with van der Waals surface area (Å²) in [6, 6.07) is 18.9. The first kappa shape index (κ1) is 25.5. The minimum atomic E-state index is -3.70. The van der Waals surface area contributed by atoms with E-state index in [-0.39, 0.29) is 10.8 Å². The van der Waals surface area contributed by atoms with Crippen LogP contribution in [0.5, 0.6) is 11.5 Å². The third kappa shape index (κ3) is 5.84. The molecule has 9 heteroatoms. The van der Waals surface area contributed by atoms with Crippen LogP contribution in [-0.4, -0.2) is 48.4 Å². The van der Waals surface area contributed by atoms with Gasteiger partial charge in [0.1, 0.15) is 0 Å². The van der Waals surface area contributed by atoms with Crippen LogP contribution in [0.3, 0.4) is 0 Å². The number of ether oxygens (including phenoxy) is 2. The summed E-state index contributed by atoms with van der Waals surface area (Å²) in [6.45, 7) is 0.441. The number of nitrogens with one attached hydrogen (secondary N) is 1. The number of anilines is 1. The van der Waals surface area contributed by atoms with Gasteiger partial charge in [-0.25, -0.2) is 8.42 Å². The average Bonchev–Trinajstić information content (AvgIpc) is 2.88. The van der Waals surface area contributed by atoms with Crippen molar-refractivity contribution in [3.8, 4) is 11.5 Å². The number of rotatable bonds is 10. The van der Waals surface area contributed by atoms with Crippen molar-refractivity contribution in [2.45, 2.75) is 16.2 Å². The molecular weight excluding hydrogens is 472 g/mol. The standard InChI is InChI=1S/C25H28N2O5S2/c1-27(34(29,30)22-12-10-21(33-4)11-13-22)20-8-6-19(7-9-20)25(28)26-16-15-18-5-14-23(31-2)24(17-18)32-3/h5-14,17H,15-16H2,1-4H3,(H,26,28). The van der Waals surface area contributed by atoms with Crippen LogP contribution in [0, 0.1) is 0 Å². The summed E-state index contributed by atoms with van der Waals surface area (Å²) in [6.07, 6.45) is 2.56. The molecule has 0 saturated heterocycles. The van der Waals surface area contributed by atoms with Crippen LogP contribution in [0.25, 0.3) is 0 Å². The predicted molar refractivity (Wildman–Crippen MR) is 136 cm³/mol. The second-order valence-electron chi connectivity index (χ2n) is 7.39. The van der Waals surface area contributed by atoms with Crippen LogP contribution in [0.1, 0.15) is 15.9 Å². The fraction of sp³-hybridized carbons (Fsp3) is 0.240. The summed E-state index contributed by atoms with van der Waals surface area (Å²) in [7, 11) is 0.957. The monoisotopic (exact) mass is 500 g/mol. The molecule has 3 aromatic carbocycles. The number of carbonyl (C=O) groups is 1.